The highest BCUT2D eigenvalue weighted by Crippen LogP contribution is 2.20. The second-order valence-corrected chi connectivity index (χ2v) is 5.74. The molecule has 5 nitrogen and oxygen atoms in total. The molecular weight excluding hydrogens is 234 g/mol. The van der Waals surface area contributed by atoms with Gasteiger partial charge < -0.3 is 14.7 Å². The molecule has 0 saturated carbocycles. The maximum atomic E-state index is 12.0. The normalized spacial score (nSPS) is 20.8. The van der Waals surface area contributed by atoms with E-state index in [0.29, 0.717) is 6.54 Å². The number of rotatable bonds is 4. The Hall–Kier alpha value is -1.10. The summed E-state index contributed by atoms with van der Waals surface area (Å²) in [6, 6.07) is -0.174. The molecule has 1 heterocycles. The quantitative estimate of drug-likeness (QED) is 0.831. The van der Waals surface area contributed by atoms with Gasteiger partial charge in [0, 0.05) is 12.6 Å². The summed E-state index contributed by atoms with van der Waals surface area (Å²) in [5.41, 5.74) is -0.353. The molecule has 0 aromatic heterocycles. The number of carbonyl (C=O) groups is 2. The Morgan fingerprint density at radius 1 is 1.33 bits per heavy atom. The molecule has 5 heteroatoms. The minimum Gasteiger partial charge on any atom is -0.481 e. The van der Waals surface area contributed by atoms with Crippen molar-refractivity contribution in [3.63, 3.8) is 0 Å². The zero-order chi connectivity index (χ0) is 13.8. The van der Waals surface area contributed by atoms with Crippen LogP contribution in [0.5, 0.6) is 0 Å². The van der Waals surface area contributed by atoms with Gasteiger partial charge in [0.1, 0.15) is 6.61 Å². The minimum atomic E-state index is -0.851. The smallest absolute Gasteiger partial charge is 0.305 e. The number of carbonyl (C=O) groups excluding carboxylic acids is 1. The highest BCUT2D eigenvalue weighted by Gasteiger charge is 2.29. The number of carboxylic acid groups (broad SMARTS) is 1. The van der Waals surface area contributed by atoms with Gasteiger partial charge in [0.15, 0.2) is 0 Å². The molecule has 0 aliphatic carbocycles. The first-order valence-electron chi connectivity index (χ1n) is 6.45. The summed E-state index contributed by atoms with van der Waals surface area (Å²) in [6.45, 7) is 6.35. The van der Waals surface area contributed by atoms with E-state index in [4.69, 9.17) is 9.84 Å². The molecule has 0 aromatic carbocycles. The number of hydrogen-bond acceptors (Lipinski definition) is 3. The third-order valence-corrected chi connectivity index (χ3v) is 2.99. The van der Waals surface area contributed by atoms with Crippen LogP contribution in [-0.4, -0.2) is 46.7 Å². The van der Waals surface area contributed by atoms with Gasteiger partial charge in [-0.1, -0.05) is 0 Å². The van der Waals surface area contributed by atoms with E-state index in [0.717, 1.165) is 19.3 Å². The van der Waals surface area contributed by atoms with Gasteiger partial charge >= 0.3 is 5.97 Å². The van der Waals surface area contributed by atoms with Crippen LogP contribution in [-0.2, 0) is 14.3 Å². The average molecular weight is 257 g/mol. The van der Waals surface area contributed by atoms with E-state index in [1.54, 1.807) is 4.90 Å². The van der Waals surface area contributed by atoms with E-state index >= 15 is 0 Å². The highest BCUT2D eigenvalue weighted by atomic mass is 16.5. The zero-order valence-corrected chi connectivity index (χ0v) is 11.4. The van der Waals surface area contributed by atoms with Crippen LogP contribution in [0, 0.1) is 0 Å². The van der Waals surface area contributed by atoms with Crippen molar-refractivity contribution in [3.05, 3.63) is 0 Å². The third-order valence-electron chi connectivity index (χ3n) is 2.99. The molecule has 18 heavy (non-hydrogen) atoms. The van der Waals surface area contributed by atoms with Gasteiger partial charge in [-0.25, -0.2) is 0 Å². The Morgan fingerprint density at radius 2 is 2.00 bits per heavy atom. The van der Waals surface area contributed by atoms with Gasteiger partial charge in [-0.15, -0.1) is 0 Å². The first-order valence-corrected chi connectivity index (χ1v) is 6.45. The van der Waals surface area contributed by atoms with Crippen LogP contribution in [0.3, 0.4) is 0 Å². The molecule has 0 spiro atoms. The summed E-state index contributed by atoms with van der Waals surface area (Å²) in [4.78, 5) is 24.5. The molecule has 1 amide bonds. The van der Waals surface area contributed by atoms with Crippen LogP contribution in [0.15, 0.2) is 0 Å². The molecule has 1 fully saturated rings. The summed E-state index contributed by atoms with van der Waals surface area (Å²) in [6.07, 6.45) is 2.73. The SMILES string of the molecule is CC(C)(C)OCC(=O)N1CCCCC1CC(=O)O. The molecule has 1 aliphatic rings. The van der Waals surface area contributed by atoms with Crippen LogP contribution in [0.1, 0.15) is 46.5 Å². The predicted molar refractivity (Wildman–Crippen MR) is 67.3 cm³/mol. The molecule has 1 saturated heterocycles. The summed E-state index contributed by atoms with van der Waals surface area (Å²) in [7, 11) is 0. The van der Waals surface area contributed by atoms with Crippen molar-refractivity contribution in [2.45, 2.75) is 58.1 Å². The van der Waals surface area contributed by atoms with Crippen molar-refractivity contribution < 1.29 is 19.4 Å². The fourth-order valence-electron chi connectivity index (χ4n) is 2.10. The number of likely N-dealkylation sites (tertiary alicyclic amines) is 1. The van der Waals surface area contributed by atoms with Crippen molar-refractivity contribution in [1.29, 1.82) is 0 Å². The van der Waals surface area contributed by atoms with Crippen LogP contribution in [0.25, 0.3) is 0 Å². The van der Waals surface area contributed by atoms with Crippen molar-refractivity contribution in [2.75, 3.05) is 13.2 Å². The number of aliphatic carboxylic acids is 1. The van der Waals surface area contributed by atoms with E-state index in [2.05, 4.69) is 0 Å². The van der Waals surface area contributed by atoms with Crippen molar-refractivity contribution >= 4 is 11.9 Å². The van der Waals surface area contributed by atoms with Gasteiger partial charge in [0.2, 0.25) is 5.91 Å². The molecule has 0 bridgehead atoms. The number of piperidine rings is 1. The Morgan fingerprint density at radius 3 is 2.56 bits per heavy atom. The number of ether oxygens (including phenoxy) is 1. The van der Waals surface area contributed by atoms with Crippen LogP contribution >= 0.6 is 0 Å². The summed E-state index contributed by atoms with van der Waals surface area (Å²) < 4.78 is 5.46. The summed E-state index contributed by atoms with van der Waals surface area (Å²) >= 11 is 0. The first kappa shape index (κ1) is 15.0. The van der Waals surface area contributed by atoms with Crippen molar-refractivity contribution in [3.8, 4) is 0 Å². The van der Waals surface area contributed by atoms with Crippen molar-refractivity contribution in [1.82, 2.24) is 4.90 Å². The van der Waals surface area contributed by atoms with E-state index < -0.39 is 5.97 Å². The Labute approximate surface area is 108 Å². The third kappa shape index (κ3) is 5.04. The molecule has 0 aromatic rings. The summed E-state index contributed by atoms with van der Waals surface area (Å²) in [5, 5.41) is 8.86. The predicted octanol–water partition coefficient (Wildman–Crippen LogP) is 1.66. The van der Waals surface area contributed by atoms with Gasteiger partial charge in [-0.05, 0) is 40.0 Å². The topological polar surface area (TPSA) is 66.8 Å². The second-order valence-electron chi connectivity index (χ2n) is 5.74. The van der Waals surface area contributed by atoms with E-state index in [-0.39, 0.29) is 30.6 Å². The van der Waals surface area contributed by atoms with Gasteiger partial charge in [0.25, 0.3) is 0 Å². The van der Waals surface area contributed by atoms with E-state index in [1.807, 2.05) is 20.8 Å². The number of nitrogens with zero attached hydrogens (tertiary/aromatic N) is 1. The molecule has 1 rings (SSSR count). The minimum absolute atomic E-state index is 0.0274. The van der Waals surface area contributed by atoms with Crippen LogP contribution in [0.4, 0.5) is 0 Å². The first-order chi connectivity index (χ1) is 8.29. The molecule has 1 atom stereocenters. The fraction of sp³-hybridized carbons (Fsp3) is 0.846. The number of hydrogen-bond donors (Lipinski definition) is 1. The van der Waals surface area contributed by atoms with E-state index in [9.17, 15) is 9.59 Å². The van der Waals surface area contributed by atoms with Crippen LogP contribution in [0.2, 0.25) is 0 Å². The maximum absolute atomic E-state index is 12.0. The molecule has 1 unspecified atom stereocenters. The van der Waals surface area contributed by atoms with Crippen LogP contribution < -0.4 is 0 Å². The molecule has 1 aliphatic heterocycles. The molecule has 0 radical (unpaired) electrons. The maximum Gasteiger partial charge on any atom is 0.305 e. The monoisotopic (exact) mass is 257 g/mol. The van der Waals surface area contributed by atoms with E-state index in [1.165, 1.54) is 0 Å². The lowest BCUT2D eigenvalue weighted by molar-refractivity contribution is -0.147. The lowest BCUT2D eigenvalue weighted by Crippen LogP contribution is -2.47. The van der Waals surface area contributed by atoms with Gasteiger partial charge in [-0.3, -0.25) is 9.59 Å². The largest absolute Gasteiger partial charge is 0.481 e. The average Bonchev–Trinajstić information content (AvgIpc) is 2.25. The second kappa shape index (κ2) is 6.18. The highest BCUT2D eigenvalue weighted by molar-refractivity contribution is 5.79. The number of carboxylic acids is 1. The Balaban J connectivity index is 2.54. The Kier molecular flexibility index (Phi) is 5.14. The molecular formula is C13H23NO4. The zero-order valence-electron chi connectivity index (χ0n) is 11.4. The standard InChI is InChI=1S/C13H23NO4/c1-13(2,3)18-9-11(15)14-7-5-4-6-10(14)8-12(16)17/h10H,4-9H2,1-3H3,(H,16,17). The fourth-order valence-corrected chi connectivity index (χ4v) is 2.10. The van der Waals surface area contributed by atoms with Gasteiger partial charge in [-0.2, -0.15) is 0 Å². The number of amides is 1. The lowest BCUT2D eigenvalue weighted by atomic mass is 9.99. The van der Waals surface area contributed by atoms with Crippen molar-refractivity contribution in [2.24, 2.45) is 0 Å². The summed E-state index contributed by atoms with van der Waals surface area (Å²) in [5.74, 6) is -0.952. The molecule has 104 valence electrons. The lowest BCUT2D eigenvalue weighted by Gasteiger charge is -2.35. The Bertz CT molecular complexity index is 309. The molecule has 1 N–H and O–H groups in total. The van der Waals surface area contributed by atoms with Gasteiger partial charge in [0.05, 0.1) is 12.0 Å².